The van der Waals surface area contributed by atoms with E-state index in [1.54, 1.807) is 0 Å². The second kappa shape index (κ2) is 6.90. The van der Waals surface area contributed by atoms with Gasteiger partial charge in [-0.15, -0.1) is 0 Å². The van der Waals surface area contributed by atoms with Crippen LogP contribution in [0.1, 0.15) is 58.8 Å². The van der Waals surface area contributed by atoms with Gasteiger partial charge in [0.05, 0.1) is 6.61 Å². The van der Waals surface area contributed by atoms with Gasteiger partial charge >= 0.3 is 5.97 Å². The van der Waals surface area contributed by atoms with E-state index >= 15 is 0 Å². The Morgan fingerprint density at radius 2 is 1.85 bits per heavy atom. The number of esters is 1. The number of likely N-dealkylation sites (N-methyl/N-ethyl adjacent to an activating group) is 1. The van der Waals surface area contributed by atoms with Crippen molar-refractivity contribution < 1.29 is 9.53 Å². The summed E-state index contributed by atoms with van der Waals surface area (Å²) < 4.78 is 5.25. The van der Waals surface area contributed by atoms with Crippen molar-refractivity contribution in [2.24, 2.45) is 11.7 Å². The van der Waals surface area contributed by atoms with E-state index in [0.29, 0.717) is 25.1 Å². The minimum absolute atomic E-state index is 0.197. The highest BCUT2D eigenvalue weighted by Gasteiger charge is 2.50. The van der Waals surface area contributed by atoms with Gasteiger partial charge in [-0.2, -0.15) is 0 Å². The van der Waals surface area contributed by atoms with Gasteiger partial charge in [-0.05, 0) is 45.1 Å². The van der Waals surface area contributed by atoms with Gasteiger partial charge in [0.25, 0.3) is 0 Å². The minimum atomic E-state index is -0.788. The average Bonchev–Trinajstić information content (AvgIpc) is 3.30. The molecule has 4 nitrogen and oxygen atoms in total. The van der Waals surface area contributed by atoms with Crippen LogP contribution in [0.4, 0.5) is 0 Å². The third-order valence-electron chi connectivity index (χ3n) is 4.92. The molecule has 2 saturated carbocycles. The Morgan fingerprint density at radius 3 is 2.35 bits per heavy atom. The molecule has 116 valence electrons. The summed E-state index contributed by atoms with van der Waals surface area (Å²) in [5.41, 5.74) is 5.71. The Morgan fingerprint density at radius 1 is 1.20 bits per heavy atom. The highest BCUT2D eigenvalue weighted by atomic mass is 16.5. The molecule has 0 aromatic heterocycles. The zero-order valence-electron chi connectivity index (χ0n) is 13.1. The van der Waals surface area contributed by atoms with Crippen molar-refractivity contribution >= 4 is 5.97 Å². The monoisotopic (exact) mass is 282 g/mol. The highest BCUT2D eigenvalue weighted by Crippen LogP contribution is 2.40. The van der Waals surface area contributed by atoms with Crippen LogP contribution in [-0.2, 0) is 9.53 Å². The Balaban J connectivity index is 2.03. The van der Waals surface area contributed by atoms with Crippen LogP contribution in [0.2, 0.25) is 0 Å². The number of nitrogens with two attached hydrogens (primary N) is 1. The summed E-state index contributed by atoms with van der Waals surface area (Å²) in [6.45, 7) is 6.07. The number of carbonyl (C=O) groups excluding carboxylic acids is 1. The highest BCUT2D eigenvalue weighted by molar-refractivity contribution is 5.82. The summed E-state index contributed by atoms with van der Waals surface area (Å²) in [7, 11) is 0. The molecule has 0 amide bonds. The second-order valence-corrected chi connectivity index (χ2v) is 6.39. The molecule has 2 aliphatic rings. The van der Waals surface area contributed by atoms with E-state index in [1.807, 2.05) is 6.92 Å². The lowest BCUT2D eigenvalue weighted by Crippen LogP contribution is -2.60. The van der Waals surface area contributed by atoms with Crippen molar-refractivity contribution in [3.63, 3.8) is 0 Å². The molecule has 0 aliphatic heterocycles. The molecule has 4 heteroatoms. The SMILES string of the molecule is CCOC(=O)C(N)(CN(CC)C1CCCCC1)C1CC1. The summed E-state index contributed by atoms with van der Waals surface area (Å²) in [4.78, 5) is 14.7. The standard InChI is InChI=1S/C16H30N2O2/c1-3-18(14-8-6-5-7-9-14)12-16(17,13-10-11-13)15(19)20-4-2/h13-14H,3-12,17H2,1-2H3. The number of hydrogen-bond donors (Lipinski definition) is 1. The maximum atomic E-state index is 12.3. The summed E-state index contributed by atoms with van der Waals surface area (Å²) in [5.74, 6) is 0.121. The lowest BCUT2D eigenvalue weighted by atomic mass is 9.89. The molecule has 0 aromatic carbocycles. The van der Waals surface area contributed by atoms with E-state index in [0.717, 1.165) is 19.4 Å². The van der Waals surface area contributed by atoms with Gasteiger partial charge in [-0.1, -0.05) is 26.2 Å². The van der Waals surface area contributed by atoms with Crippen LogP contribution in [0, 0.1) is 5.92 Å². The van der Waals surface area contributed by atoms with Gasteiger partial charge in [0.2, 0.25) is 0 Å². The number of hydrogen-bond acceptors (Lipinski definition) is 4. The van der Waals surface area contributed by atoms with Crippen LogP contribution in [0.15, 0.2) is 0 Å². The van der Waals surface area contributed by atoms with Gasteiger partial charge in [-0.25, -0.2) is 4.79 Å². The Labute approximate surface area is 123 Å². The normalized spacial score (nSPS) is 23.6. The third kappa shape index (κ3) is 3.53. The van der Waals surface area contributed by atoms with Crippen molar-refractivity contribution in [1.29, 1.82) is 0 Å². The largest absolute Gasteiger partial charge is 0.465 e. The molecule has 0 bridgehead atoms. The minimum Gasteiger partial charge on any atom is -0.465 e. The van der Waals surface area contributed by atoms with Crippen LogP contribution in [0.5, 0.6) is 0 Å². The molecule has 2 rings (SSSR count). The first-order chi connectivity index (χ1) is 9.61. The molecule has 0 heterocycles. The van der Waals surface area contributed by atoms with Gasteiger partial charge in [-0.3, -0.25) is 4.90 Å². The van der Waals surface area contributed by atoms with E-state index in [-0.39, 0.29) is 5.97 Å². The van der Waals surface area contributed by atoms with Gasteiger partial charge in [0.15, 0.2) is 0 Å². The predicted octanol–water partition coefficient (Wildman–Crippen LogP) is 2.31. The zero-order chi connectivity index (χ0) is 14.6. The van der Waals surface area contributed by atoms with Crippen molar-refractivity contribution in [1.82, 2.24) is 4.90 Å². The molecule has 0 radical (unpaired) electrons. The first-order valence-electron chi connectivity index (χ1n) is 8.32. The smallest absolute Gasteiger partial charge is 0.327 e. The van der Waals surface area contributed by atoms with Gasteiger partial charge in [0.1, 0.15) is 5.54 Å². The molecule has 0 saturated heterocycles. The fourth-order valence-corrected chi connectivity index (χ4v) is 3.51. The number of nitrogens with zero attached hydrogens (tertiary/aromatic N) is 1. The fraction of sp³-hybridized carbons (Fsp3) is 0.938. The molecule has 1 atom stereocenters. The first kappa shape index (κ1) is 15.8. The fourth-order valence-electron chi connectivity index (χ4n) is 3.51. The van der Waals surface area contributed by atoms with E-state index in [1.165, 1.54) is 32.1 Å². The van der Waals surface area contributed by atoms with Crippen LogP contribution in [-0.4, -0.2) is 42.1 Å². The molecule has 0 spiro atoms. The van der Waals surface area contributed by atoms with Crippen LogP contribution < -0.4 is 5.73 Å². The molecule has 2 N–H and O–H groups in total. The second-order valence-electron chi connectivity index (χ2n) is 6.39. The number of carbonyl (C=O) groups is 1. The van der Waals surface area contributed by atoms with Crippen molar-refractivity contribution in [3.05, 3.63) is 0 Å². The summed E-state index contributed by atoms with van der Waals surface area (Å²) in [6.07, 6.45) is 8.59. The summed E-state index contributed by atoms with van der Waals surface area (Å²) in [5, 5.41) is 0. The Kier molecular flexibility index (Phi) is 5.44. The topological polar surface area (TPSA) is 55.6 Å². The maximum Gasteiger partial charge on any atom is 0.327 e. The Hall–Kier alpha value is -0.610. The summed E-state index contributed by atoms with van der Waals surface area (Å²) >= 11 is 0. The van der Waals surface area contributed by atoms with Crippen molar-refractivity contribution in [3.8, 4) is 0 Å². The van der Waals surface area contributed by atoms with E-state index in [2.05, 4.69) is 11.8 Å². The van der Waals surface area contributed by atoms with E-state index < -0.39 is 5.54 Å². The molecule has 1 unspecified atom stereocenters. The number of ether oxygens (including phenoxy) is 1. The van der Waals surface area contributed by atoms with Crippen LogP contribution in [0.25, 0.3) is 0 Å². The maximum absolute atomic E-state index is 12.3. The zero-order valence-corrected chi connectivity index (χ0v) is 13.1. The van der Waals surface area contributed by atoms with Crippen molar-refractivity contribution in [2.45, 2.75) is 70.4 Å². The third-order valence-corrected chi connectivity index (χ3v) is 4.92. The average molecular weight is 282 g/mol. The predicted molar refractivity (Wildman–Crippen MR) is 80.4 cm³/mol. The Bertz CT molecular complexity index is 324. The van der Waals surface area contributed by atoms with Crippen LogP contribution >= 0.6 is 0 Å². The van der Waals surface area contributed by atoms with Gasteiger partial charge in [0, 0.05) is 12.6 Å². The van der Waals surface area contributed by atoms with E-state index in [4.69, 9.17) is 10.5 Å². The molecule has 0 aromatic rings. The molecule has 2 aliphatic carbocycles. The molecule has 2 fully saturated rings. The molecular formula is C16H30N2O2. The molecule has 20 heavy (non-hydrogen) atoms. The lowest BCUT2D eigenvalue weighted by molar-refractivity contribution is -0.151. The quantitative estimate of drug-likeness (QED) is 0.728. The van der Waals surface area contributed by atoms with Crippen molar-refractivity contribution in [2.75, 3.05) is 19.7 Å². The summed E-state index contributed by atoms with van der Waals surface area (Å²) in [6, 6.07) is 0.602. The van der Waals surface area contributed by atoms with Crippen LogP contribution in [0.3, 0.4) is 0 Å². The van der Waals surface area contributed by atoms with Gasteiger partial charge < -0.3 is 10.5 Å². The van der Waals surface area contributed by atoms with E-state index in [9.17, 15) is 4.79 Å². The number of rotatable bonds is 7. The first-order valence-corrected chi connectivity index (χ1v) is 8.32. The molecular weight excluding hydrogens is 252 g/mol. The lowest BCUT2D eigenvalue weighted by Gasteiger charge is -2.39.